The number of rotatable bonds is 2. The molecule has 0 aliphatic carbocycles. The van der Waals surface area contributed by atoms with Gasteiger partial charge in [0.15, 0.2) is 11.5 Å². The van der Waals surface area contributed by atoms with E-state index in [4.69, 9.17) is 9.47 Å². The zero-order valence-corrected chi connectivity index (χ0v) is 11.3. The van der Waals surface area contributed by atoms with Crippen LogP contribution in [0.25, 0.3) is 6.08 Å². The van der Waals surface area contributed by atoms with Crippen LogP contribution in [0.1, 0.15) is 5.56 Å². The van der Waals surface area contributed by atoms with E-state index in [1.165, 1.54) is 12.1 Å². The highest BCUT2D eigenvalue weighted by molar-refractivity contribution is 5.97. The Bertz CT molecular complexity index is 751. The van der Waals surface area contributed by atoms with E-state index in [1.54, 1.807) is 30.3 Å². The fourth-order valence-corrected chi connectivity index (χ4v) is 2.03. The molecule has 0 radical (unpaired) electrons. The van der Waals surface area contributed by atoms with Crippen LogP contribution in [-0.4, -0.2) is 27.6 Å². The first-order valence-corrected chi connectivity index (χ1v) is 6.44. The molecule has 0 amide bonds. The van der Waals surface area contributed by atoms with Gasteiger partial charge in [0.25, 0.3) is 0 Å². The van der Waals surface area contributed by atoms with Crippen molar-refractivity contribution in [1.82, 2.24) is 0 Å². The summed E-state index contributed by atoms with van der Waals surface area (Å²) < 4.78 is 10.3. The molecular weight excluding hydrogens is 288 g/mol. The van der Waals surface area contributed by atoms with E-state index in [1.807, 2.05) is 0 Å². The monoisotopic (exact) mass is 300 g/mol. The fraction of sp³-hybridized carbons (Fsp3) is 0.0625. The number of hydrogen-bond donors (Lipinski definition) is 3. The summed E-state index contributed by atoms with van der Waals surface area (Å²) in [5.74, 6) is -1.02. The first-order chi connectivity index (χ1) is 10.5. The minimum Gasteiger partial charge on any atom is -0.504 e. The minimum absolute atomic E-state index is 0.110. The highest BCUT2D eigenvalue weighted by Gasteiger charge is 2.28. The topological polar surface area (TPSA) is 96.2 Å². The van der Waals surface area contributed by atoms with E-state index in [0.29, 0.717) is 11.3 Å². The molecule has 0 fully saturated rings. The SMILES string of the molecule is O=C(Oc1ccccc1)C1=Cc2cc(O)c(O)cc2OC1O. The normalized spacial score (nSPS) is 16.2. The number of carbonyl (C=O) groups excluding carboxylic acids is 1. The van der Waals surface area contributed by atoms with Crippen molar-refractivity contribution in [3.05, 3.63) is 53.6 Å². The van der Waals surface area contributed by atoms with Gasteiger partial charge in [0, 0.05) is 11.6 Å². The molecular formula is C16H12O6. The summed E-state index contributed by atoms with van der Waals surface area (Å²) in [4.78, 5) is 12.1. The molecule has 1 aliphatic rings. The Labute approximate surface area is 125 Å². The average molecular weight is 300 g/mol. The zero-order chi connectivity index (χ0) is 15.7. The number of phenolic OH excluding ortho intramolecular Hbond substituents is 2. The Kier molecular flexibility index (Phi) is 3.44. The summed E-state index contributed by atoms with van der Waals surface area (Å²) >= 11 is 0. The zero-order valence-electron chi connectivity index (χ0n) is 11.3. The van der Waals surface area contributed by atoms with Crippen molar-refractivity contribution in [3.8, 4) is 23.0 Å². The summed E-state index contributed by atoms with van der Waals surface area (Å²) in [6.45, 7) is 0. The Morgan fingerprint density at radius 3 is 2.50 bits per heavy atom. The highest BCUT2D eigenvalue weighted by Crippen LogP contribution is 2.37. The van der Waals surface area contributed by atoms with Gasteiger partial charge in [0.2, 0.25) is 6.29 Å². The smallest absolute Gasteiger partial charge is 0.345 e. The molecule has 22 heavy (non-hydrogen) atoms. The summed E-state index contributed by atoms with van der Waals surface area (Å²) in [6.07, 6.45) is -0.179. The molecule has 0 bridgehead atoms. The Morgan fingerprint density at radius 1 is 1.09 bits per heavy atom. The molecule has 0 saturated heterocycles. The average Bonchev–Trinajstić information content (AvgIpc) is 2.49. The molecule has 0 saturated carbocycles. The predicted molar refractivity (Wildman–Crippen MR) is 76.5 cm³/mol. The summed E-state index contributed by atoms with van der Waals surface area (Å²) in [7, 11) is 0. The van der Waals surface area contributed by atoms with E-state index in [2.05, 4.69) is 0 Å². The number of ether oxygens (including phenoxy) is 2. The maximum Gasteiger partial charge on any atom is 0.345 e. The van der Waals surface area contributed by atoms with Crippen molar-refractivity contribution in [2.45, 2.75) is 6.29 Å². The molecule has 6 nitrogen and oxygen atoms in total. The molecule has 112 valence electrons. The number of aliphatic hydroxyl groups excluding tert-OH is 1. The molecule has 0 aromatic heterocycles. The lowest BCUT2D eigenvalue weighted by atomic mass is 10.1. The van der Waals surface area contributed by atoms with Gasteiger partial charge >= 0.3 is 5.97 Å². The minimum atomic E-state index is -1.52. The molecule has 1 aliphatic heterocycles. The lowest BCUT2D eigenvalue weighted by Gasteiger charge is -2.22. The van der Waals surface area contributed by atoms with Crippen LogP contribution in [0.3, 0.4) is 0 Å². The number of para-hydroxylation sites is 1. The van der Waals surface area contributed by atoms with Gasteiger partial charge in [-0.05, 0) is 24.3 Å². The van der Waals surface area contributed by atoms with Crippen LogP contribution in [0.15, 0.2) is 48.0 Å². The third kappa shape index (κ3) is 2.59. The molecule has 1 heterocycles. The molecule has 3 rings (SSSR count). The summed E-state index contributed by atoms with van der Waals surface area (Å²) in [6, 6.07) is 10.8. The number of aliphatic hydroxyl groups is 1. The van der Waals surface area contributed by atoms with Gasteiger partial charge in [0.1, 0.15) is 17.1 Å². The predicted octanol–water partition coefficient (Wildman–Crippen LogP) is 1.80. The van der Waals surface area contributed by atoms with Crippen LogP contribution in [0.5, 0.6) is 23.0 Å². The number of phenols is 2. The Hall–Kier alpha value is -2.99. The van der Waals surface area contributed by atoms with Crippen LogP contribution in [0.4, 0.5) is 0 Å². The van der Waals surface area contributed by atoms with Crippen LogP contribution in [0, 0.1) is 0 Å². The first kappa shape index (κ1) is 14.0. The van der Waals surface area contributed by atoms with E-state index < -0.39 is 12.3 Å². The fourth-order valence-electron chi connectivity index (χ4n) is 2.03. The molecule has 3 N–H and O–H groups in total. The maximum atomic E-state index is 12.1. The molecule has 0 spiro atoms. The van der Waals surface area contributed by atoms with Crippen LogP contribution >= 0.6 is 0 Å². The number of aromatic hydroxyl groups is 2. The standard InChI is InChI=1S/C16H12O6/c17-12-7-9-6-11(16(20)22-14(9)8-13(12)18)15(19)21-10-4-2-1-3-5-10/h1-8,16-18,20H. The molecule has 1 atom stereocenters. The van der Waals surface area contributed by atoms with Crippen molar-refractivity contribution >= 4 is 12.0 Å². The van der Waals surface area contributed by atoms with Gasteiger partial charge in [-0.1, -0.05) is 18.2 Å². The first-order valence-electron chi connectivity index (χ1n) is 6.44. The third-order valence-electron chi connectivity index (χ3n) is 3.11. The molecule has 2 aromatic rings. The second kappa shape index (κ2) is 5.42. The second-order valence-corrected chi connectivity index (χ2v) is 4.65. The number of benzene rings is 2. The lowest BCUT2D eigenvalue weighted by molar-refractivity contribution is -0.133. The Balaban J connectivity index is 1.91. The van der Waals surface area contributed by atoms with E-state index in [-0.39, 0.29) is 22.8 Å². The molecule has 1 unspecified atom stereocenters. The molecule has 2 aromatic carbocycles. The van der Waals surface area contributed by atoms with Gasteiger partial charge in [-0.3, -0.25) is 0 Å². The van der Waals surface area contributed by atoms with Gasteiger partial charge in [-0.2, -0.15) is 0 Å². The number of fused-ring (bicyclic) bond motifs is 1. The molecule has 6 heteroatoms. The van der Waals surface area contributed by atoms with Crippen molar-refractivity contribution in [3.63, 3.8) is 0 Å². The van der Waals surface area contributed by atoms with Crippen LogP contribution in [0.2, 0.25) is 0 Å². The van der Waals surface area contributed by atoms with Gasteiger partial charge in [0.05, 0.1) is 0 Å². The van der Waals surface area contributed by atoms with E-state index >= 15 is 0 Å². The van der Waals surface area contributed by atoms with Crippen molar-refractivity contribution < 1.29 is 29.6 Å². The van der Waals surface area contributed by atoms with E-state index in [9.17, 15) is 20.1 Å². The largest absolute Gasteiger partial charge is 0.504 e. The number of hydrogen-bond acceptors (Lipinski definition) is 6. The maximum absolute atomic E-state index is 12.1. The van der Waals surface area contributed by atoms with Crippen LogP contribution in [-0.2, 0) is 4.79 Å². The van der Waals surface area contributed by atoms with Gasteiger partial charge in [-0.25, -0.2) is 4.79 Å². The van der Waals surface area contributed by atoms with Gasteiger partial charge in [-0.15, -0.1) is 0 Å². The second-order valence-electron chi connectivity index (χ2n) is 4.65. The Morgan fingerprint density at radius 2 is 1.77 bits per heavy atom. The summed E-state index contributed by atoms with van der Waals surface area (Å²) in [5.41, 5.74) is 0.238. The van der Waals surface area contributed by atoms with Crippen molar-refractivity contribution in [2.24, 2.45) is 0 Å². The number of carbonyl (C=O) groups is 1. The van der Waals surface area contributed by atoms with Crippen LogP contribution < -0.4 is 9.47 Å². The highest BCUT2D eigenvalue weighted by atomic mass is 16.6. The third-order valence-corrected chi connectivity index (χ3v) is 3.11. The van der Waals surface area contributed by atoms with Crippen molar-refractivity contribution in [2.75, 3.05) is 0 Å². The summed E-state index contributed by atoms with van der Waals surface area (Å²) in [5, 5.41) is 28.8. The lowest BCUT2D eigenvalue weighted by Crippen LogP contribution is -2.29. The van der Waals surface area contributed by atoms with E-state index in [0.717, 1.165) is 6.07 Å². The number of esters is 1. The quantitative estimate of drug-likeness (QED) is 0.444. The van der Waals surface area contributed by atoms with Crippen molar-refractivity contribution in [1.29, 1.82) is 0 Å². The van der Waals surface area contributed by atoms with Gasteiger partial charge < -0.3 is 24.8 Å².